The second kappa shape index (κ2) is 6.49. The van der Waals surface area contributed by atoms with Gasteiger partial charge in [0.05, 0.1) is 12.3 Å². The third kappa shape index (κ3) is 3.46. The van der Waals surface area contributed by atoms with E-state index in [9.17, 15) is 4.79 Å². The first-order chi connectivity index (χ1) is 10.3. The van der Waals surface area contributed by atoms with E-state index in [0.29, 0.717) is 13.1 Å². The monoisotopic (exact) mass is 287 g/mol. The predicted octanol–water partition coefficient (Wildman–Crippen LogP) is 1.89. The lowest BCUT2D eigenvalue weighted by Gasteiger charge is -2.24. The van der Waals surface area contributed by atoms with Gasteiger partial charge in [0.25, 0.3) is 5.91 Å². The normalized spacial score (nSPS) is 17.8. The highest BCUT2D eigenvalue weighted by Crippen LogP contribution is 2.17. The number of carbonyl (C=O) groups is 1. The third-order valence-electron chi connectivity index (χ3n) is 3.50. The first-order valence-electron chi connectivity index (χ1n) is 7.01. The number of rotatable bonds is 5. The van der Waals surface area contributed by atoms with E-state index in [1.165, 1.54) is 12.6 Å². The van der Waals surface area contributed by atoms with Crippen LogP contribution in [0.5, 0.6) is 0 Å². The highest BCUT2D eigenvalue weighted by molar-refractivity contribution is 5.91. The minimum absolute atomic E-state index is 0.0960. The lowest BCUT2D eigenvalue weighted by atomic mass is 10.2. The van der Waals surface area contributed by atoms with E-state index in [4.69, 9.17) is 9.15 Å². The molecule has 0 aromatic carbocycles. The molecule has 0 bridgehead atoms. The molecule has 1 aliphatic rings. The van der Waals surface area contributed by atoms with Crippen molar-refractivity contribution in [3.05, 3.63) is 48.4 Å². The molecule has 21 heavy (non-hydrogen) atoms. The summed E-state index contributed by atoms with van der Waals surface area (Å²) in [6.07, 6.45) is 8.28. The predicted molar refractivity (Wildman–Crippen MR) is 74.5 cm³/mol. The molecule has 2 aromatic rings. The molecule has 1 aliphatic heterocycles. The van der Waals surface area contributed by atoms with Gasteiger partial charge in [-0.15, -0.1) is 0 Å². The number of ether oxygens (including phenoxy) is 1. The Labute approximate surface area is 122 Å². The van der Waals surface area contributed by atoms with Crippen LogP contribution in [-0.2, 0) is 11.3 Å². The maximum atomic E-state index is 12.5. The fourth-order valence-corrected chi connectivity index (χ4v) is 2.44. The van der Waals surface area contributed by atoms with Crippen molar-refractivity contribution in [1.82, 2.24) is 14.9 Å². The van der Waals surface area contributed by atoms with Crippen molar-refractivity contribution in [3.63, 3.8) is 0 Å². The van der Waals surface area contributed by atoms with E-state index < -0.39 is 0 Å². The summed E-state index contributed by atoms with van der Waals surface area (Å²) in [5.41, 5.74) is 1.02. The lowest BCUT2D eigenvalue weighted by Crippen LogP contribution is -2.36. The van der Waals surface area contributed by atoms with Crippen LogP contribution >= 0.6 is 0 Å². The van der Waals surface area contributed by atoms with Crippen molar-refractivity contribution in [2.24, 2.45) is 0 Å². The van der Waals surface area contributed by atoms with Gasteiger partial charge in [-0.2, -0.15) is 0 Å². The number of pyridine rings is 1. The Kier molecular flexibility index (Phi) is 4.25. The Hall–Kier alpha value is -2.21. The molecule has 1 atom stereocenters. The summed E-state index contributed by atoms with van der Waals surface area (Å²) < 4.78 is 10.8. The summed E-state index contributed by atoms with van der Waals surface area (Å²) in [4.78, 5) is 22.1. The van der Waals surface area contributed by atoms with Gasteiger partial charge < -0.3 is 14.1 Å². The molecule has 110 valence electrons. The minimum Gasteiger partial charge on any atom is -0.438 e. The first kappa shape index (κ1) is 13.8. The molecule has 0 saturated carbocycles. The summed E-state index contributed by atoms with van der Waals surface area (Å²) in [6.45, 7) is 1.83. The standard InChI is InChI=1S/C15H17N3O3/c19-15(14-8-17-11-21-14)18(10-13-2-1-7-20-13)9-12-3-5-16-6-4-12/h3-6,8,11,13H,1-2,7,9-10H2. The number of amides is 1. The molecule has 0 aliphatic carbocycles. The Morgan fingerprint density at radius 2 is 2.19 bits per heavy atom. The second-order valence-electron chi connectivity index (χ2n) is 5.04. The number of oxazole rings is 1. The first-order valence-corrected chi connectivity index (χ1v) is 7.01. The summed E-state index contributed by atoms with van der Waals surface area (Å²) in [5, 5.41) is 0. The zero-order chi connectivity index (χ0) is 14.5. The number of hydrogen-bond acceptors (Lipinski definition) is 5. The van der Waals surface area contributed by atoms with E-state index in [2.05, 4.69) is 9.97 Å². The largest absolute Gasteiger partial charge is 0.438 e. The van der Waals surface area contributed by atoms with E-state index >= 15 is 0 Å². The van der Waals surface area contributed by atoms with E-state index in [1.807, 2.05) is 12.1 Å². The highest BCUT2D eigenvalue weighted by atomic mass is 16.5. The average Bonchev–Trinajstić information content (AvgIpc) is 3.20. The Balaban J connectivity index is 1.75. The van der Waals surface area contributed by atoms with Crippen LogP contribution in [-0.4, -0.2) is 40.0 Å². The van der Waals surface area contributed by atoms with Gasteiger partial charge in [0.1, 0.15) is 0 Å². The van der Waals surface area contributed by atoms with E-state index in [-0.39, 0.29) is 17.8 Å². The molecule has 6 nitrogen and oxygen atoms in total. The van der Waals surface area contributed by atoms with Gasteiger partial charge in [0.15, 0.2) is 6.39 Å². The van der Waals surface area contributed by atoms with Crippen LogP contribution in [0.4, 0.5) is 0 Å². The molecule has 1 saturated heterocycles. The zero-order valence-electron chi connectivity index (χ0n) is 11.6. The maximum absolute atomic E-state index is 12.5. The maximum Gasteiger partial charge on any atom is 0.291 e. The molecule has 0 spiro atoms. The van der Waals surface area contributed by atoms with Crippen LogP contribution in [0, 0.1) is 0 Å². The van der Waals surface area contributed by atoms with Gasteiger partial charge in [0, 0.05) is 32.1 Å². The van der Waals surface area contributed by atoms with Gasteiger partial charge in [-0.25, -0.2) is 4.98 Å². The van der Waals surface area contributed by atoms with Gasteiger partial charge in [0.2, 0.25) is 5.76 Å². The molecular formula is C15H17N3O3. The Bertz CT molecular complexity index is 565. The lowest BCUT2D eigenvalue weighted by molar-refractivity contribution is 0.0484. The van der Waals surface area contributed by atoms with E-state index in [1.54, 1.807) is 17.3 Å². The van der Waals surface area contributed by atoms with Gasteiger partial charge in [-0.05, 0) is 30.5 Å². The molecule has 3 rings (SSSR count). The fraction of sp³-hybridized carbons (Fsp3) is 0.400. The zero-order valence-corrected chi connectivity index (χ0v) is 11.6. The SMILES string of the molecule is O=C(c1cnco1)N(Cc1ccncc1)CC1CCCO1. The minimum atomic E-state index is -0.167. The van der Waals surface area contributed by atoms with Crippen LogP contribution in [0.1, 0.15) is 29.0 Å². The van der Waals surface area contributed by atoms with Gasteiger partial charge in [-0.1, -0.05) is 0 Å². The molecule has 0 N–H and O–H groups in total. The summed E-state index contributed by atoms with van der Waals surface area (Å²) in [7, 11) is 0. The van der Waals surface area contributed by atoms with Crippen LogP contribution in [0.25, 0.3) is 0 Å². The summed E-state index contributed by atoms with van der Waals surface area (Å²) in [5.74, 6) is 0.0851. The second-order valence-corrected chi connectivity index (χ2v) is 5.04. The molecule has 0 radical (unpaired) electrons. The fourth-order valence-electron chi connectivity index (χ4n) is 2.44. The van der Waals surface area contributed by atoms with Crippen molar-refractivity contribution in [1.29, 1.82) is 0 Å². The smallest absolute Gasteiger partial charge is 0.291 e. The third-order valence-corrected chi connectivity index (χ3v) is 3.50. The van der Waals surface area contributed by atoms with Crippen LogP contribution in [0.15, 0.2) is 41.5 Å². The molecule has 3 heterocycles. The Morgan fingerprint density at radius 1 is 1.33 bits per heavy atom. The average molecular weight is 287 g/mol. The van der Waals surface area contributed by atoms with Crippen molar-refractivity contribution in [2.45, 2.75) is 25.5 Å². The van der Waals surface area contributed by atoms with Crippen LogP contribution in [0.2, 0.25) is 0 Å². The number of carbonyl (C=O) groups excluding carboxylic acids is 1. The number of aromatic nitrogens is 2. The van der Waals surface area contributed by atoms with Crippen LogP contribution in [0.3, 0.4) is 0 Å². The molecule has 1 fully saturated rings. The number of nitrogens with zero attached hydrogens (tertiary/aromatic N) is 3. The van der Waals surface area contributed by atoms with Crippen molar-refractivity contribution in [3.8, 4) is 0 Å². The molecular weight excluding hydrogens is 270 g/mol. The van der Waals surface area contributed by atoms with E-state index in [0.717, 1.165) is 25.0 Å². The molecule has 1 unspecified atom stereocenters. The van der Waals surface area contributed by atoms with Gasteiger partial charge >= 0.3 is 0 Å². The topological polar surface area (TPSA) is 68.5 Å². The number of hydrogen-bond donors (Lipinski definition) is 0. The molecule has 6 heteroatoms. The van der Waals surface area contributed by atoms with Crippen molar-refractivity contribution < 1.29 is 13.9 Å². The van der Waals surface area contributed by atoms with Gasteiger partial charge in [-0.3, -0.25) is 9.78 Å². The van der Waals surface area contributed by atoms with Crippen molar-refractivity contribution >= 4 is 5.91 Å². The van der Waals surface area contributed by atoms with Crippen molar-refractivity contribution in [2.75, 3.05) is 13.2 Å². The van der Waals surface area contributed by atoms with Crippen LogP contribution < -0.4 is 0 Å². The Morgan fingerprint density at radius 3 is 2.86 bits per heavy atom. The highest BCUT2D eigenvalue weighted by Gasteiger charge is 2.25. The molecule has 1 amide bonds. The summed E-state index contributed by atoms with van der Waals surface area (Å²) in [6, 6.07) is 3.80. The molecule has 2 aromatic heterocycles. The quantitative estimate of drug-likeness (QED) is 0.840. The summed E-state index contributed by atoms with van der Waals surface area (Å²) >= 11 is 0.